The van der Waals surface area contributed by atoms with E-state index in [9.17, 15) is 35.9 Å². The van der Waals surface area contributed by atoms with Crippen molar-refractivity contribution >= 4 is 11.9 Å². The molecule has 0 unspecified atom stereocenters. The number of methoxy groups -OCH3 is 1. The number of aryl methyl sites for hydroxylation is 1. The fourth-order valence-electron chi connectivity index (χ4n) is 2.90. The lowest BCUT2D eigenvalue weighted by molar-refractivity contribution is -0.145. The Balaban J connectivity index is 2.16. The van der Waals surface area contributed by atoms with E-state index >= 15 is 0 Å². The lowest BCUT2D eigenvalue weighted by Gasteiger charge is -2.18. The second-order valence-corrected chi connectivity index (χ2v) is 6.76. The molecular weight excluding hydrogens is 428 g/mol. The van der Waals surface area contributed by atoms with Gasteiger partial charge in [0.2, 0.25) is 5.91 Å². The second kappa shape index (κ2) is 9.84. The van der Waals surface area contributed by atoms with E-state index < -0.39 is 53.4 Å². The van der Waals surface area contributed by atoms with Crippen molar-refractivity contribution in [1.82, 2.24) is 5.32 Å². The van der Waals surface area contributed by atoms with Crippen LogP contribution in [0.5, 0.6) is 0 Å². The number of nitrogens with one attached hydrogen (secondary N) is 1. The Kier molecular flexibility index (Phi) is 7.70. The van der Waals surface area contributed by atoms with Crippen LogP contribution >= 0.6 is 0 Å². The summed E-state index contributed by atoms with van der Waals surface area (Å²) in [6, 6.07) is 8.81. The molecule has 10 heteroatoms. The SMILES string of the molecule is COC(=O)[C@H](CCc1ccccc1)NC(=O)Cc1cc(C(F)(F)F)cc(C(F)(F)F)c1. The van der Waals surface area contributed by atoms with Gasteiger partial charge in [-0.15, -0.1) is 0 Å². The van der Waals surface area contributed by atoms with Crippen LogP contribution in [0.15, 0.2) is 48.5 Å². The minimum atomic E-state index is -5.02. The van der Waals surface area contributed by atoms with Crippen LogP contribution in [0.3, 0.4) is 0 Å². The molecule has 0 bridgehead atoms. The molecule has 0 aromatic heterocycles. The number of hydrogen-bond acceptors (Lipinski definition) is 3. The zero-order valence-electron chi connectivity index (χ0n) is 16.3. The van der Waals surface area contributed by atoms with Gasteiger partial charge in [-0.1, -0.05) is 30.3 Å². The number of alkyl halides is 6. The average molecular weight is 447 g/mol. The summed E-state index contributed by atoms with van der Waals surface area (Å²) in [5, 5.41) is 2.33. The van der Waals surface area contributed by atoms with Crippen LogP contribution in [0.1, 0.15) is 28.7 Å². The molecule has 0 heterocycles. The number of halogens is 6. The Morgan fingerprint density at radius 1 is 0.903 bits per heavy atom. The Morgan fingerprint density at radius 3 is 1.94 bits per heavy atom. The first-order valence-corrected chi connectivity index (χ1v) is 9.09. The Morgan fingerprint density at radius 2 is 1.45 bits per heavy atom. The number of carbonyl (C=O) groups excluding carboxylic acids is 2. The predicted octanol–water partition coefficient (Wildman–Crippen LogP) is 4.56. The van der Waals surface area contributed by atoms with Crippen LogP contribution in [0, 0.1) is 0 Å². The summed E-state index contributed by atoms with van der Waals surface area (Å²) in [7, 11) is 1.10. The third kappa shape index (κ3) is 7.30. The van der Waals surface area contributed by atoms with E-state index in [1.54, 1.807) is 30.3 Å². The molecule has 0 spiro atoms. The number of ether oxygens (including phenoxy) is 1. The number of hydrogen-bond donors (Lipinski definition) is 1. The molecule has 1 atom stereocenters. The molecule has 0 aliphatic heterocycles. The summed E-state index contributed by atoms with van der Waals surface area (Å²) < 4.78 is 82.4. The van der Waals surface area contributed by atoms with Gasteiger partial charge in [0.05, 0.1) is 24.7 Å². The molecule has 0 fully saturated rings. The van der Waals surface area contributed by atoms with Crippen molar-refractivity contribution < 1.29 is 40.7 Å². The highest BCUT2D eigenvalue weighted by Gasteiger charge is 2.37. The number of amides is 1. The van der Waals surface area contributed by atoms with Crippen molar-refractivity contribution in [3.05, 3.63) is 70.8 Å². The van der Waals surface area contributed by atoms with Crippen LogP contribution in [0.25, 0.3) is 0 Å². The quantitative estimate of drug-likeness (QED) is 0.500. The molecule has 0 saturated carbocycles. The second-order valence-electron chi connectivity index (χ2n) is 6.76. The lowest BCUT2D eigenvalue weighted by atomic mass is 10.0. The van der Waals surface area contributed by atoms with Crippen LogP contribution in [0.4, 0.5) is 26.3 Å². The molecule has 2 aromatic carbocycles. The maximum atomic E-state index is 13.0. The molecule has 0 aliphatic rings. The molecule has 0 aliphatic carbocycles. The number of carbonyl (C=O) groups is 2. The zero-order valence-corrected chi connectivity index (χ0v) is 16.3. The van der Waals surface area contributed by atoms with E-state index in [0.29, 0.717) is 18.6 Å². The van der Waals surface area contributed by atoms with E-state index in [1.165, 1.54) is 0 Å². The van der Waals surface area contributed by atoms with Gasteiger partial charge in [0, 0.05) is 0 Å². The predicted molar refractivity (Wildman–Crippen MR) is 98.9 cm³/mol. The van der Waals surface area contributed by atoms with Gasteiger partial charge in [-0.05, 0) is 42.2 Å². The molecular formula is C21H19F6NO3. The van der Waals surface area contributed by atoms with Gasteiger partial charge in [-0.3, -0.25) is 4.79 Å². The van der Waals surface area contributed by atoms with Crippen LogP contribution in [0.2, 0.25) is 0 Å². The third-order valence-corrected chi connectivity index (χ3v) is 4.40. The van der Waals surface area contributed by atoms with Crippen molar-refractivity contribution in [3.63, 3.8) is 0 Å². The maximum absolute atomic E-state index is 13.0. The Bertz CT molecular complexity index is 877. The summed E-state index contributed by atoms with van der Waals surface area (Å²) >= 11 is 0. The standard InChI is InChI=1S/C21H19F6NO3/c1-31-19(30)17(8-7-13-5-3-2-4-6-13)28-18(29)11-14-9-15(20(22,23)24)12-16(10-14)21(25,26)27/h2-6,9-10,12,17H,7-8,11H2,1H3,(H,28,29)/t17-/m0/s1. The highest BCUT2D eigenvalue weighted by Crippen LogP contribution is 2.36. The highest BCUT2D eigenvalue weighted by molar-refractivity contribution is 5.85. The molecule has 1 amide bonds. The molecule has 2 aromatic rings. The fraction of sp³-hybridized carbons (Fsp3) is 0.333. The summed E-state index contributed by atoms with van der Waals surface area (Å²) in [5.41, 5.74) is -2.64. The normalized spacial score (nSPS) is 12.9. The first kappa shape index (κ1) is 24.2. The first-order chi connectivity index (χ1) is 14.4. The first-order valence-electron chi connectivity index (χ1n) is 9.09. The summed E-state index contributed by atoms with van der Waals surface area (Å²) in [4.78, 5) is 24.3. The van der Waals surface area contributed by atoms with Gasteiger partial charge < -0.3 is 10.1 Å². The van der Waals surface area contributed by atoms with Gasteiger partial charge in [-0.2, -0.15) is 26.3 Å². The van der Waals surface area contributed by atoms with Crippen molar-refractivity contribution in [2.45, 2.75) is 37.7 Å². The van der Waals surface area contributed by atoms with E-state index in [4.69, 9.17) is 0 Å². The number of esters is 1. The van der Waals surface area contributed by atoms with Crippen LogP contribution < -0.4 is 5.32 Å². The maximum Gasteiger partial charge on any atom is 0.416 e. The molecule has 0 saturated heterocycles. The molecule has 1 N–H and O–H groups in total. The van der Waals surface area contributed by atoms with Gasteiger partial charge >= 0.3 is 18.3 Å². The van der Waals surface area contributed by atoms with Crippen molar-refractivity contribution in [2.75, 3.05) is 7.11 Å². The Hall–Kier alpha value is -3.04. The van der Waals surface area contributed by atoms with E-state index in [-0.39, 0.29) is 12.5 Å². The topological polar surface area (TPSA) is 55.4 Å². The lowest BCUT2D eigenvalue weighted by Crippen LogP contribution is -2.42. The smallest absolute Gasteiger partial charge is 0.416 e. The van der Waals surface area contributed by atoms with Crippen molar-refractivity contribution in [3.8, 4) is 0 Å². The van der Waals surface area contributed by atoms with Gasteiger partial charge in [0.25, 0.3) is 0 Å². The van der Waals surface area contributed by atoms with E-state index in [2.05, 4.69) is 10.1 Å². The van der Waals surface area contributed by atoms with Crippen molar-refractivity contribution in [1.29, 1.82) is 0 Å². The fourth-order valence-corrected chi connectivity index (χ4v) is 2.90. The summed E-state index contributed by atoms with van der Waals surface area (Å²) in [5.74, 6) is -1.68. The number of benzene rings is 2. The van der Waals surface area contributed by atoms with Crippen molar-refractivity contribution in [2.24, 2.45) is 0 Å². The zero-order chi connectivity index (χ0) is 23.2. The van der Waals surface area contributed by atoms with Gasteiger partial charge in [-0.25, -0.2) is 4.79 Å². The minimum absolute atomic E-state index is 0.0154. The van der Waals surface area contributed by atoms with Crippen LogP contribution in [-0.4, -0.2) is 25.0 Å². The Labute approximate surface area is 174 Å². The molecule has 4 nitrogen and oxygen atoms in total. The van der Waals surface area contributed by atoms with E-state index in [1.807, 2.05) is 0 Å². The highest BCUT2D eigenvalue weighted by atomic mass is 19.4. The monoisotopic (exact) mass is 447 g/mol. The van der Waals surface area contributed by atoms with E-state index in [0.717, 1.165) is 12.7 Å². The van der Waals surface area contributed by atoms with Gasteiger partial charge in [0.1, 0.15) is 6.04 Å². The largest absolute Gasteiger partial charge is 0.467 e. The van der Waals surface area contributed by atoms with Gasteiger partial charge in [0.15, 0.2) is 0 Å². The third-order valence-electron chi connectivity index (χ3n) is 4.40. The molecule has 2 rings (SSSR count). The molecule has 0 radical (unpaired) electrons. The average Bonchev–Trinajstić information content (AvgIpc) is 2.69. The van der Waals surface area contributed by atoms with Crippen LogP contribution in [-0.2, 0) is 39.5 Å². The minimum Gasteiger partial charge on any atom is -0.467 e. The molecule has 31 heavy (non-hydrogen) atoms. The summed E-state index contributed by atoms with van der Waals surface area (Å²) in [6.07, 6.45) is -10.3. The number of rotatable bonds is 7. The molecule has 168 valence electrons. The summed E-state index contributed by atoms with van der Waals surface area (Å²) in [6.45, 7) is 0.